The number of carbonyl (C=O) groups is 3. The lowest BCUT2D eigenvalue weighted by Gasteiger charge is -2.36. The van der Waals surface area contributed by atoms with E-state index < -0.39 is 6.04 Å². The Kier molecular flexibility index (Phi) is 4.74. The molecule has 0 aliphatic carbocycles. The van der Waals surface area contributed by atoms with Crippen molar-refractivity contribution in [1.29, 1.82) is 0 Å². The van der Waals surface area contributed by atoms with E-state index in [9.17, 15) is 14.4 Å². The molecule has 3 unspecified atom stereocenters. The van der Waals surface area contributed by atoms with Crippen molar-refractivity contribution in [1.82, 2.24) is 15.1 Å². The van der Waals surface area contributed by atoms with Crippen molar-refractivity contribution < 1.29 is 14.4 Å². The van der Waals surface area contributed by atoms with E-state index in [1.165, 1.54) is 0 Å². The highest BCUT2D eigenvalue weighted by Gasteiger charge is 2.40. The highest BCUT2D eigenvalue weighted by Crippen LogP contribution is 2.31. The second-order valence-corrected chi connectivity index (χ2v) is 7.95. The van der Waals surface area contributed by atoms with Crippen LogP contribution in [0, 0.1) is 0 Å². The first-order valence-corrected chi connectivity index (χ1v) is 9.69. The van der Waals surface area contributed by atoms with Gasteiger partial charge in [-0.1, -0.05) is 12.1 Å². The van der Waals surface area contributed by atoms with E-state index in [0.717, 1.165) is 37.1 Å². The molecule has 4 rings (SSSR count). The Bertz CT molecular complexity index is 793. The fourth-order valence-corrected chi connectivity index (χ4v) is 4.51. The Labute approximate surface area is 158 Å². The first-order valence-electron chi connectivity index (χ1n) is 9.69. The number of hydrogen-bond donors (Lipinski definition) is 2. The molecule has 1 aromatic rings. The van der Waals surface area contributed by atoms with Gasteiger partial charge in [-0.05, 0) is 43.4 Å². The Morgan fingerprint density at radius 2 is 2.04 bits per heavy atom. The molecule has 1 aromatic carbocycles. The summed E-state index contributed by atoms with van der Waals surface area (Å²) in [5, 5.41) is 2.35. The van der Waals surface area contributed by atoms with Gasteiger partial charge < -0.3 is 10.6 Å². The van der Waals surface area contributed by atoms with E-state index >= 15 is 0 Å². The molecular weight excluding hydrogens is 344 g/mol. The molecule has 7 nitrogen and oxygen atoms in total. The van der Waals surface area contributed by atoms with Crippen molar-refractivity contribution in [2.45, 2.75) is 63.8 Å². The van der Waals surface area contributed by atoms with Crippen molar-refractivity contribution in [3.8, 4) is 0 Å². The fraction of sp³-hybridized carbons (Fsp3) is 0.550. The number of amides is 3. The lowest BCUT2D eigenvalue weighted by atomic mass is 9.97. The third kappa shape index (κ3) is 3.37. The van der Waals surface area contributed by atoms with Crippen LogP contribution in [-0.4, -0.2) is 52.2 Å². The molecule has 3 amide bonds. The van der Waals surface area contributed by atoms with Crippen molar-refractivity contribution in [2.24, 2.45) is 5.73 Å². The zero-order valence-electron chi connectivity index (χ0n) is 15.6. The quantitative estimate of drug-likeness (QED) is 0.766. The molecule has 3 aliphatic rings. The molecule has 2 fully saturated rings. The van der Waals surface area contributed by atoms with Crippen LogP contribution >= 0.6 is 0 Å². The second kappa shape index (κ2) is 7.05. The molecule has 27 heavy (non-hydrogen) atoms. The SMILES string of the molecule is CC1CC(N)CCN1Cc1cccc2c1CN(C1CCC(=O)NC1=O)C2=O. The largest absolute Gasteiger partial charge is 0.328 e. The molecule has 3 aliphatic heterocycles. The Balaban J connectivity index is 1.54. The minimum absolute atomic E-state index is 0.116. The van der Waals surface area contributed by atoms with Crippen LogP contribution in [0.5, 0.6) is 0 Å². The van der Waals surface area contributed by atoms with Crippen LogP contribution in [0.3, 0.4) is 0 Å². The number of imide groups is 1. The van der Waals surface area contributed by atoms with Gasteiger partial charge in [-0.15, -0.1) is 0 Å². The molecule has 144 valence electrons. The van der Waals surface area contributed by atoms with Gasteiger partial charge in [-0.25, -0.2) is 0 Å². The van der Waals surface area contributed by atoms with Crippen LogP contribution < -0.4 is 11.1 Å². The molecule has 0 bridgehead atoms. The smallest absolute Gasteiger partial charge is 0.255 e. The maximum Gasteiger partial charge on any atom is 0.255 e. The van der Waals surface area contributed by atoms with Crippen LogP contribution in [0.25, 0.3) is 0 Å². The maximum absolute atomic E-state index is 12.9. The number of fused-ring (bicyclic) bond motifs is 1. The van der Waals surface area contributed by atoms with Gasteiger partial charge in [-0.3, -0.25) is 24.6 Å². The van der Waals surface area contributed by atoms with Gasteiger partial charge in [0.2, 0.25) is 11.8 Å². The van der Waals surface area contributed by atoms with Crippen LogP contribution in [0.2, 0.25) is 0 Å². The summed E-state index contributed by atoms with van der Waals surface area (Å²) in [4.78, 5) is 40.6. The summed E-state index contributed by atoms with van der Waals surface area (Å²) in [5.41, 5.74) is 8.90. The molecule has 0 radical (unpaired) electrons. The normalized spacial score (nSPS) is 29.0. The van der Waals surface area contributed by atoms with E-state index in [4.69, 9.17) is 5.73 Å². The standard InChI is InChI=1S/C20H26N4O3/c1-12-9-14(21)7-8-23(12)10-13-3-2-4-15-16(13)11-24(20(15)27)17-5-6-18(25)22-19(17)26/h2-4,12,14,17H,5-11,21H2,1H3,(H,22,25,26). The number of nitrogens with one attached hydrogen (secondary N) is 1. The average Bonchev–Trinajstić information content (AvgIpc) is 2.95. The number of nitrogens with zero attached hydrogens (tertiary/aromatic N) is 2. The minimum Gasteiger partial charge on any atom is -0.328 e. The van der Waals surface area contributed by atoms with Crippen LogP contribution in [0.1, 0.15) is 54.1 Å². The van der Waals surface area contributed by atoms with Gasteiger partial charge in [0.15, 0.2) is 0 Å². The molecule has 0 aromatic heterocycles. The van der Waals surface area contributed by atoms with Crippen molar-refractivity contribution in [3.63, 3.8) is 0 Å². The lowest BCUT2D eigenvalue weighted by molar-refractivity contribution is -0.136. The zero-order valence-corrected chi connectivity index (χ0v) is 15.6. The van der Waals surface area contributed by atoms with Crippen LogP contribution in [0.15, 0.2) is 18.2 Å². The number of benzene rings is 1. The summed E-state index contributed by atoms with van der Waals surface area (Å²) in [5.74, 6) is -0.749. The third-order valence-electron chi connectivity index (χ3n) is 6.11. The van der Waals surface area contributed by atoms with Gasteiger partial charge in [0.25, 0.3) is 5.91 Å². The molecule has 3 heterocycles. The first kappa shape index (κ1) is 18.1. The van der Waals surface area contributed by atoms with Crippen molar-refractivity contribution in [2.75, 3.05) is 6.54 Å². The molecule has 7 heteroatoms. The molecule has 0 saturated carbocycles. The number of likely N-dealkylation sites (tertiary alicyclic amines) is 1. The Hall–Kier alpha value is -2.25. The number of rotatable bonds is 3. The number of piperidine rings is 2. The summed E-state index contributed by atoms with van der Waals surface area (Å²) in [6.45, 7) is 4.37. The van der Waals surface area contributed by atoms with E-state index in [1.807, 2.05) is 12.1 Å². The van der Waals surface area contributed by atoms with Gasteiger partial charge >= 0.3 is 0 Å². The van der Waals surface area contributed by atoms with Gasteiger partial charge in [0.1, 0.15) is 6.04 Å². The monoisotopic (exact) mass is 370 g/mol. The average molecular weight is 370 g/mol. The fourth-order valence-electron chi connectivity index (χ4n) is 4.51. The maximum atomic E-state index is 12.9. The summed E-state index contributed by atoms with van der Waals surface area (Å²) in [6.07, 6.45) is 2.63. The van der Waals surface area contributed by atoms with Crippen molar-refractivity contribution >= 4 is 17.7 Å². The third-order valence-corrected chi connectivity index (χ3v) is 6.11. The molecule has 2 saturated heterocycles. The predicted molar refractivity (Wildman–Crippen MR) is 99.6 cm³/mol. The number of nitrogens with two attached hydrogens (primary N) is 1. The second-order valence-electron chi connectivity index (χ2n) is 7.95. The predicted octanol–water partition coefficient (Wildman–Crippen LogP) is 0.759. The topological polar surface area (TPSA) is 95.7 Å². The van der Waals surface area contributed by atoms with Crippen molar-refractivity contribution in [3.05, 3.63) is 34.9 Å². The van der Waals surface area contributed by atoms with Gasteiger partial charge in [0, 0.05) is 43.7 Å². The Morgan fingerprint density at radius 3 is 2.78 bits per heavy atom. The summed E-state index contributed by atoms with van der Waals surface area (Å²) < 4.78 is 0. The van der Waals surface area contributed by atoms with E-state index in [-0.39, 0.29) is 30.2 Å². The van der Waals surface area contributed by atoms with E-state index in [1.54, 1.807) is 4.90 Å². The van der Waals surface area contributed by atoms with Gasteiger partial charge in [-0.2, -0.15) is 0 Å². The van der Waals surface area contributed by atoms with Crippen LogP contribution in [0.4, 0.5) is 0 Å². The summed E-state index contributed by atoms with van der Waals surface area (Å²) in [6, 6.07) is 5.93. The van der Waals surface area contributed by atoms with Gasteiger partial charge in [0.05, 0.1) is 0 Å². The lowest BCUT2D eigenvalue weighted by Crippen LogP contribution is -2.52. The zero-order chi connectivity index (χ0) is 19.1. The Morgan fingerprint density at radius 1 is 1.22 bits per heavy atom. The molecule has 3 N–H and O–H groups in total. The minimum atomic E-state index is -0.567. The number of carbonyl (C=O) groups excluding carboxylic acids is 3. The van der Waals surface area contributed by atoms with E-state index in [0.29, 0.717) is 24.6 Å². The summed E-state index contributed by atoms with van der Waals surface area (Å²) >= 11 is 0. The van der Waals surface area contributed by atoms with Crippen LogP contribution in [-0.2, 0) is 22.7 Å². The highest BCUT2D eigenvalue weighted by molar-refractivity contribution is 6.05. The molecule has 3 atom stereocenters. The number of hydrogen-bond acceptors (Lipinski definition) is 5. The highest BCUT2D eigenvalue weighted by atomic mass is 16.2. The summed E-state index contributed by atoms with van der Waals surface area (Å²) in [7, 11) is 0. The molecule has 0 spiro atoms. The van der Waals surface area contributed by atoms with E-state index in [2.05, 4.69) is 23.2 Å². The molecular formula is C20H26N4O3. The first-order chi connectivity index (χ1) is 12.9.